The number of nitrogens with one attached hydrogen (secondary N) is 1. The molecule has 4 N–H and O–H groups in total. The van der Waals surface area contributed by atoms with Gasteiger partial charge >= 0.3 is 5.97 Å². The quantitative estimate of drug-likeness (QED) is 0.705. The maximum Gasteiger partial charge on any atom is 0.308 e. The van der Waals surface area contributed by atoms with Crippen molar-refractivity contribution in [3.8, 4) is 0 Å². The van der Waals surface area contributed by atoms with Crippen molar-refractivity contribution in [2.45, 2.75) is 26.3 Å². The van der Waals surface area contributed by atoms with Gasteiger partial charge in [-0.3, -0.25) is 9.59 Å². The Morgan fingerprint density at radius 2 is 1.85 bits per heavy atom. The number of carbonyl (C=O) groups is 2. The van der Waals surface area contributed by atoms with E-state index in [1.54, 1.807) is 24.3 Å². The molecule has 0 bridgehead atoms. The Morgan fingerprint density at radius 1 is 1.25 bits per heavy atom. The highest BCUT2D eigenvalue weighted by Crippen LogP contribution is 2.13. The summed E-state index contributed by atoms with van der Waals surface area (Å²) in [5.74, 6) is -1.57. The lowest BCUT2D eigenvalue weighted by molar-refractivity contribution is -0.142. The van der Waals surface area contributed by atoms with E-state index >= 15 is 0 Å². The number of benzene rings is 1. The van der Waals surface area contributed by atoms with Crippen LogP contribution in [0.2, 0.25) is 0 Å². The van der Waals surface area contributed by atoms with Crippen LogP contribution in [0.3, 0.4) is 0 Å². The molecule has 1 rings (SSSR count). The average molecular weight is 278 g/mol. The molecule has 0 aromatic heterocycles. The van der Waals surface area contributed by atoms with Gasteiger partial charge < -0.3 is 16.2 Å². The van der Waals surface area contributed by atoms with Gasteiger partial charge in [0.1, 0.15) is 6.04 Å². The first-order chi connectivity index (χ1) is 9.41. The summed E-state index contributed by atoms with van der Waals surface area (Å²) in [6, 6.07) is 8.23. The third-order valence-electron chi connectivity index (χ3n) is 3.07. The molecule has 0 saturated carbocycles. The number of rotatable bonds is 7. The summed E-state index contributed by atoms with van der Waals surface area (Å²) in [5, 5.41) is 11.7. The third kappa shape index (κ3) is 5.01. The molecule has 1 aromatic carbocycles. The average Bonchev–Trinajstić information content (AvgIpc) is 2.42. The van der Waals surface area contributed by atoms with Crippen molar-refractivity contribution in [3.05, 3.63) is 35.9 Å². The Hall–Kier alpha value is -1.88. The van der Waals surface area contributed by atoms with Gasteiger partial charge in [0.2, 0.25) is 5.91 Å². The maximum absolute atomic E-state index is 11.9. The molecule has 5 nitrogen and oxygen atoms in total. The van der Waals surface area contributed by atoms with Gasteiger partial charge in [0, 0.05) is 6.54 Å². The Bertz CT molecular complexity index is 446. The predicted molar refractivity (Wildman–Crippen MR) is 77.0 cm³/mol. The number of hydrogen-bond acceptors (Lipinski definition) is 3. The summed E-state index contributed by atoms with van der Waals surface area (Å²) < 4.78 is 0. The summed E-state index contributed by atoms with van der Waals surface area (Å²) in [7, 11) is 0. The van der Waals surface area contributed by atoms with Crippen LogP contribution in [0, 0.1) is 11.8 Å². The van der Waals surface area contributed by atoms with Gasteiger partial charge in [-0.25, -0.2) is 0 Å². The summed E-state index contributed by atoms with van der Waals surface area (Å²) in [5.41, 5.74) is 6.55. The highest BCUT2D eigenvalue weighted by molar-refractivity contribution is 5.83. The number of nitrogens with two attached hydrogens (primary N) is 1. The molecule has 0 aliphatic heterocycles. The molecule has 20 heavy (non-hydrogen) atoms. The SMILES string of the molecule is CC(C)CC(CNC(=O)C(N)c1ccccc1)C(=O)O. The van der Waals surface area contributed by atoms with Gasteiger partial charge in [0.15, 0.2) is 0 Å². The van der Waals surface area contributed by atoms with Crippen molar-refractivity contribution in [1.29, 1.82) is 0 Å². The molecule has 0 heterocycles. The van der Waals surface area contributed by atoms with Gasteiger partial charge in [-0.05, 0) is 17.9 Å². The second-order valence-corrected chi connectivity index (χ2v) is 5.30. The Morgan fingerprint density at radius 3 is 2.35 bits per heavy atom. The van der Waals surface area contributed by atoms with E-state index in [0.717, 1.165) is 0 Å². The highest BCUT2D eigenvalue weighted by atomic mass is 16.4. The van der Waals surface area contributed by atoms with Crippen molar-refractivity contribution in [3.63, 3.8) is 0 Å². The van der Waals surface area contributed by atoms with Crippen LogP contribution in [0.4, 0.5) is 0 Å². The molecule has 5 heteroatoms. The molecule has 0 aliphatic rings. The molecule has 0 saturated heterocycles. The fourth-order valence-electron chi connectivity index (χ4n) is 1.99. The maximum atomic E-state index is 11.9. The van der Waals surface area contributed by atoms with Crippen LogP contribution in [-0.2, 0) is 9.59 Å². The second kappa shape index (κ2) is 7.65. The molecule has 0 radical (unpaired) electrons. The van der Waals surface area contributed by atoms with E-state index in [0.29, 0.717) is 12.0 Å². The van der Waals surface area contributed by atoms with Crippen LogP contribution in [0.25, 0.3) is 0 Å². The van der Waals surface area contributed by atoms with Crippen LogP contribution >= 0.6 is 0 Å². The first-order valence-electron chi connectivity index (χ1n) is 6.72. The highest BCUT2D eigenvalue weighted by Gasteiger charge is 2.22. The fraction of sp³-hybridized carbons (Fsp3) is 0.467. The summed E-state index contributed by atoms with van der Waals surface area (Å²) >= 11 is 0. The number of carbonyl (C=O) groups excluding carboxylic acids is 1. The minimum absolute atomic E-state index is 0.104. The fourth-order valence-corrected chi connectivity index (χ4v) is 1.99. The molecule has 2 unspecified atom stereocenters. The molecule has 0 aliphatic carbocycles. The number of hydrogen-bond donors (Lipinski definition) is 3. The van der Waals surface area contributed by atoms with Gasteiger partial charge in [0.25, 0.3) is 0 Å². The molecule has 0 spiro atoms. The first-order valence-corrected chi connectivity index (χ1v) is 6.72. The van der Waals surface area contributed by atoms with E-state index in [-0.39, 0.29) is 18.4 Å². The van der Waals surface area contributed by atoms with Crippen LogP contribution < -0.4 is 11.1 Å². The Labute approximate surface area is 119 Å². The van der Waals surface area contributed by atoms with Crippen molar-refractivity contribution in [2.24, 2.45) is 17.6 Å². The lowest BCUT2D eigenvalue weighted by Gasteiger charge is -2.17. The molecular weight excluding hydrogens is 256 g/mol. The zero-order valence-electron chi connectivity index (χ0n) is 11.9. The van der Waals surface area contributed by atoms with Gasteiger partial charge in [0.05, 0.1) is 5.92 Å². The smallest absolute Gasteiger partial charge is 0.308 e. The van der Waals surface area contributed by atoms with Crippen molar-refractivity contribution in [1.82, 2.24) is 5.32 Å². The van der Waals surface area contributed by atoms with E-state index in [1.807, 2.05) is 19.9 Å². The lowest BCUT2D eigenvalue weighted by Crippen LogP contribution is -2.39. The first kappa shape index (κ1) is 16.2. The number of aliphatic carboxylic acids is 1. The third-order valence-corrected chi connectivity index (χ3v) is 3.07. The number of carboxylic acids is 1. The molecule has 110 valence electrons. The van der Waals surface area contributed by atoms with Crippen molar-refractivity contribution in [2.75, 3.05) is 6.54 Å². The second-order valence-electron chi connectivity index (χ2n) is 5.30. The van der Waals surface area contributed by atoms with Gasteiger partial charge in [-0.1, -0.05) is 44.2 Å². The Balaban J connectivity index is 2.55. The summed E-state index contributed by atoms with van der Waals surface area (Å²) in [6.07, 6.45) is 0.524. The monoisotopic (exact) mass is 278 g/mol. The van der Waals surface area contributed by atoms with Crippen LogP contribution in [0.1, 0.15) is 31.9 Å². The summed E-state index contributed by atoms with van der Waals surface area (Å²) in [4.78, 5) is 23.0. The zero-order valence-corrected chi connectivity index (χ0v) is 11.9. The number of amides is 1. The zero-order chi connectivity index (χ0) is 15.1. The molecule has 1 aromatic rings. The van der Waals surface area contributed by atoms with E-state index in [9.17, 15) is 9.59 Å². The molecule has 1 amide bonds. The molecular formula is C15H22N2O3. The molecule has 2 atom stereocenters. The minimum atomic E-state index is -0.896. The van der Waals surface area contributed by atoms with Crippen LogP contribution in [0.15, 0.2) is 30.3 Å². The van der Waals surface area contributed by atoms with E-state index in [4.69, 9.17) is 10.8 Å². The standard InChI is InChI=1S/C15H22N2O3/c1-10(2)8-12(15(19)20)9-17-14(18)13(16)11-6-4-3-5-7-11/h3-7,10,12-13H,8-9,16H2,1-2H3,(H,17,18)(H,19,20). The summed E-state index contributed by atoms with van der Waals surface area (Å²) in [6.45, 7) is 4.01. The van der Waals surface area contributed by atoms with E-state index in [2.05, 4.69) is 5.32 Å². The largest absolute Gasteiger partial charge is 0.481 e. The van der Waals surface area contributed by atoms with Crippen LogP contribution in [0.5, 0.6) is 0 Å². The predicted octanol–water partition coefficient (Wildman–Crippen LogP) is 1.55. The van der Waals surface area contributed by atoms with Crippen molar-refractivity contribution >= 4 is 11.9 Å². The van der Waals surface area contributed by atoms with E-state index in [1.165, 1.54) is 0 Å². The Kier molecular flexibility index (Phi) is 6.18. The number of carboxylic acid groups (broad SMARTS) is 1. The minimum Gasteiger partial charge on any atom is -0.481 e. The van der Waals surface area contributed by atoms with Gasteiger partial charge in [-0.15, -0.1) is 0 Å². The topological polar surface area (TPSA) is 92.4 Å². The van der Waals surface area contributed by atoms with Gasteiger partial charge in [-0.2, -0.15) is 0 Å². The molecule has 0 fully saturated rings. The lowest BCUT2D eigenvalue weighted by atomic mass is 9.97. The van der Waals surface area contributed by atoms with Crippen LogP contribution in [-0.4, -0.2) is 23.5 Å². The van der Waals surface area contributed by atoms with Crippen molar-refractivity contribution < 1.29 is 14.7 Å². The van der Waals surface area contributed by atoms with E-state index < -0.39 is 17.9 Å². The normalized spacial score (nSPS) is 13.8.